The zero-order valence-corrected chi connectivity index (χ0v) is 13.0. The Kier molecular flexibility index (Phi) is 4.13. The number of likely N-dealkylation sites (N-methyl/N-ethyl adjacent to an activating group) is 1. The first-order chi connectivity index (χ1) is 9.83. The van der Waals surface area contributed by atoms with Crippen molar-refractivity contribution in [3.05, 3.63) is 34.6 Å². The minimum atomic E-state index is 0.584. The third-order valence-electron chi connectivity index (χ3n) is 4.04. The lowest BCUT2D eigenvalue weighted by molar-refractivity contribution is 0.523. The molecule has 1 aliphatic carbocycles. The highest BCUT2D eigenvalue weighted by atomic mass is 32.1. The van der Waals surface area contributed by atoms with Gasteiger partial charge in [-0.3, -0.25) is 4.98 Å². The topological polar surface area (TPSA) is 37.8 Å². The van der Waals surface area contributed by atoms with Crippen LogP contribution >= 0.6 is 11.3 Å². The van der Waals surface area contributed by atoms with Gasteiger partial charge in [-0.2, -0.15) is 0 Å². The molecule has 0 radical (unpaired) electrons. The van der Waals surface area contributed by atoms with Crippen LogP contribution in [0.5, 0.6) is 0 Å². The van der Waals surface area contributed by atoms with Crippen molar-refractivity contribution >= 4 is 11.3 Å². The quantitative estimate of drug-likeness (QED) is 0.936. The fraction of sp³-hybridized carbons (Fsp3) is 0.500. The predicted octanol–water partition coefficient (Wildman–Crippen LogP) is 3.41. The minimum absolute atomic E-state index is 0.584. The Bertz CT molecular complexity index is 591. The zero-order chi connectivity index (χ0) is 13.9. The van der Waals surface area contributed by atoms with E-state index in [0.29, 0.717) is 5.92 Å². The molecule has 0 saturated heterocycles. The molecular formula is C16H21N3S. The van der Waals surface area contributed by atoms with E-state index in [1.54, 1.807) is 0 Å². The lowest BCUT2D eigenvalue weighted by Crippen LogP contribution is -2.20. The van der Waals surface area contributed by atoms with Crippen LogP contribution in [0.15, 0.2) is 18.5 Å². The van der Waals surface area contributed by atoms with E-state index in [0.717, 1.165) is 13.0 Å². The summed E-state index contributed by atoms with van der Waals surface area (Å²) in [5, 5.41) is 4.48. The van der Waals surface area contributed by atoms with Gasteiger partial charge in [0, 0.05) is 35.3 Å². The average molecular weight is 287 g/mol. The normalized spacial score (nSPS) is 18.0. The molecule has 0 saturated carbocycles. The molecular weight excluding hydrogens is 266 g/mol. The maximum absolute atomic E-state index is 4.98. The molecule has 2 aromatic heterocycles. The van der Waals surface area contributed by atoms with Crippen LogP contribution in [-0.4, -0.2) is 23.6 Å². The number of hydrogen-bond acceptors (Lipinski definition) is 4. The average Bonchev–Trinajstić information content (AvgIpc) is 2.92. The second-order valence-corrected chi connectivity index (χ2v) is 6.44. The third-order valence-corrected chi connectivity index (χ3v) is 5.20. The van der Waals surface area contributed by atoms with E-state index in [1.165, 1.54) is 46.0 Å². The van der Waals surface area contributed by atoms with Gasteiger partial charge in [0.25, 0.3) is 0 Å². The molecule has 2 heterocycles. The maximum Gasteiger partial charge on any atom is 0.124 e. The minimum Gasteiger partial charge on any atom is -0.319 e. The lowest BCUT2D eigenvalue weighted by atomic mass is 9.91. The van der Waals surface area contributed by atoms with Gasteiger partial charge in [0.15, 0.2) is 0 Å². The van der Waals surface area contributed by atoms with E-state index >= 15 is 0 Å². The van der Waals surface area contributed by atoms with E-state index in [9.17, 15) is 0 Å². The fourth-order valence-electron chi connectivity index (χ4n) is 2.99. The van der Waals surface area contributed by atoms with Crippen LogP contribution in [0.4, 0.5) is 0 Å². The Morgan fingerprint density at radius 1 is 1.45 bits per heavy atom. The summed E-state index contributed by atoms with van der Waals surface area (Å²) in [6.45, 7) is 3.21. The van der Waals surface area contributed by atoms with Crippen LogP contribution in [0.3, 0.4) is 0 Å². The molecule has 3 nitrogen and oxygen atoms in total. The highest BCUT2D eigenvalue weighted by Crippen LogP contribution is 2.38. The van der Waals surface area contributed by atoms with E-state index < -0.39 is 0 Å². The van der Waals surface area contributed by atoms with E-state index in [2.05, 4.69) is 23.3 Å². The largest absolute Gasteiger partial charge is 0.319 e. The molecule has 0 spiro atoms. The maximum atomic E-state index is 4.98. The van der Waals surface area contributed by atoms with Crippen LogP contribution in [0, 0.1) is 0 Å². The molecule has 2 aromatic rings. The number of nitrogens with zero attached hydrogens (tertiary/aromatic N) is 2. The molecule has 4 heteroatoms. The molecule has 1 atom stereocenters. The summed E-state index contributed by atoms with van der Waals surface area (Å²) in [4.78, 5) is 10.7. The zero-order valence-electron chi connectivity index (χ0n) is 12.1. The van der Waals surface area contributed by atoms with Gasteiger partial charge in [-0.05, 0) is 44.4 Å². The predicted molar refractivity (Wildman–Crippen MR) is 84.3 cm³/mol. The number of pyridine rings is 1. The van der Waals surface area contributed by atoms with Crippen molar-refractivity contribution in [1.29, 1.82) is 0 Å². The van der Waals surface area contributed by atoms with Crippen molar-refractivity contribution < 1.29 is 0 Å². The van der Waals surface area contributed by atoms with Crippen molar-refractivity contribution in [1.82, 2.24) is 15.3 Å². The van der Waals surface area contributed by atoms with E-state index in [4.69, 9.17) is 4.98 Å². The van der Waals surface area contributed by atoms with Crippen molar-refractivity contribution in [3.8, 4) is 10.6 Å². The summed E-state index contributed by atoms with van der Waals surface area (Å²) in [7, 11) is 2.03. The van der Waals surface area contributed by atoms with Crippen molar-refractivity contribution in [2.45, 2.75) is 38.5 Å². The van der Waals surface area contributed by atoms with Gasteiger partial charge in [0.1, 0.15) is 5.01 Å². The molecule has 20 heavy (non-hydrogen) atoms. The van der Waals surface area contributed by atoms with Gasteiger partial charge in [-0.1, -0.05) is 6.92 Å². The first-order valence-corrected chi connectivity index (χ1v) is 8.22. The van der Waals surface area contributed by atoms with Crippen LogP contribution in [0.2, 0.25) is 0 Å². The lowest BCUT2D eigenvalue weighted by Gasteiger charge is -2.20. The van der Waals surface area contributed by atoms with E-state index in [1.807, 2.05) is 30.8 Å². The number of nitrogens with one attached hydrogen (secondary N) is 1. The molecule has 0 aromatic carbocycles. The first kappa shape index (κ1) is 13.7. The molecule has 0 aliphatic heterocycles. The van der Waals surface area contributed by atoms with E-state index in [-0.39, 0.29) is 0 Å². The molecule has 1 aliphatic rings. The Hall–Kier alpha value is -1.26. The number of rotatable bonds is 4. The second kappa shape index (κ2) is 6.02. The summed E-state index contributed by atoms with van der Waals surface area (Å²) in [5.74, 6) is 0.584. The molecule has 106 valence electrons. The number of fused-ring (bicyclic) bond motifs is 1. The fourth-order valence-corrected chi connectivity index (χ4v) is 4.23. The molecule has 0 fully saturated rings. The summed E-state index contributed by atoms with van der Waals surface area (Å²) < 4.78 is 0. The Balaban J connectivity index is 2.00. The van der Waals surface area contributed by atoms with Crippen LogP contribution in [0.1, 0.15) is 41.8 Å². The van der Waals surface area contributed by atoms with Gasteiger partial charge in [0.2, 0.25) is 0 Å². The standard InChI is InChI=1S/C16H21N3S/c1-3-11-10-18-8-7-13(11)16-19-15-12(9-17-2)5-4-6-14(15)20-16/h7-8,10,12,17H,3-6,9H2,1-2H3. The van der Waals surface area contributed by atoms with Gasteiger partial charge < -0.3 is 5.32 Å². The number of hydrogen-bond donors (Lipinski definition) is 1. The highest BCUT2D eigenvalue weighted by molar-refractivity contribution is 7.15. The second-order valence-electron chi connectivity index (χ2n) is 5.36. The summed E-state index contributed by atoms with van der Waals surface area (Å²) in [6, 6.07) is 2.11. The third kappa shape index (κ3) is 2.50. The number of aromatic nitrogens is 2. The van der Waals surface area contributed by atoms with Crippen LogP contribution in [-0.2, 0) is 12.8 Å². The van der Waals surface area contributed by atoms with Gasteiger partial charge in [-0.25, -0.2) is 4.98 Å². The molecule has 0 bridgehead atoms. The van der Waals surface area contributed by atoms with Crippen molar-refractivity contribution in [2.75, 3.05) is 13.6 Å². The SMILES string of the molecule is CCc1cnccc1-c1nc2c(s1)CCCC2CNC. The summed E-state index contributed by atoms with van der Waals surface area (Å²) in [6.07, 6.45) is 8.60. The summed E-state index contributed by atoms with van der Waals surface area (Å²) in [5.41, 5.74) is 3.90. The van der Waals surface area contributed by atoms with Crippen molar-refractivity contribution in [3.63, 3.8) is 0 Å². The molecule has 3 rings (SSSR count). The first-order valence-electron chi connectivity index (χ1n) is 7.41. The highest BCUT2D eigenvalue weighted by Gasteiger charge is 2.24. The number of aryl methyl sites for hydroxylation is 2. The summed E-state index contributed by atoms with van der Waals surface area (Å²) >= 11 is 1.88. The van der Waals surface area contributed by atoms with Crippen LogP contribution < -0.4 is 5.32 Å². The smallest absolute Gasteiger partial charge is 0.124 e. The van der Waals surface area contributed by atoms with Crippen LogP contribution in [0.25, 0.3) is 10.6 Å². The molecule has 1 unspecified atom stereocenters. The van der Waals surface area contributed by atoms with Crippen molar-refractivity contribution in [2.24, 2.45) is 0 Å². The van der Waals surface area contributed by atoms with Gasteiger partial charge in [-0.15, -0.1) is 11.3 Å². The van der Waals surface area contributed by atoms with Gasteiger partial charge in [0.05, 0.1) is 5.69 Å². The number of thiazole rings is 1. The Labute approximate surface area is 124 Å². The monoisotopic (exact) mass is 287 g/mol. The Morgan fingerprint density at radius 2 is 2.35 bits per heavy atom. The molecule has 0 amide bonds. The van der Waals surface area contributed by atoms with Gasteiger partial charge >= 0.3 is 0 Å². The molecule has 1 N–H and O–H groups in total. The Morgan fingerprint density at radius 3 is 3.15 bits per heavy atom.